The predicted octanol–water partition coefficient (Wildman–Crippen LogP) is 12.8. The number of anilines is 3. The fourth-order valence-corrected chi connectivity index (χ4v) is 8.46. The molecule has 0 bridgehead atoms. The number of fused-ring (bicyclic) bond motifs is 8. The van der Waals surface area contributed by atoms with Gasteiger partial charge in [0.05, 0.1) is 11.0 Å². The Kier molecular flexibility index (Phi) is 8.47. The molecule has 10 aromatic rings. The number of pyridine rings is 1. The van der Waals surface area contributed by atoms with Crippen molar-refractivity contribution in [3.8, 4) is 23.0 Å². The van der Waals surface area contributed by atoms with Crippen LogP contribution in [0.1, 0.15) is 26.3 Å². The Hall–Kier alpha value is -6.36. The van der Waals surface area contributed by atoms with Crippen LogP contribution in [0, 0.1) is 18.8 Å². The number of hydrogen-bond donors (Lipinski definition) is 0. The second-order valence-electron chi connectivity index (χ2n) is 15.9. The molecule has 0 atom stereocenters. The van der Waals surface area contributed by atoms with Gasteiger partial charge in [-0.05, 0) is 71.1 Å². The van der Waals surface area contributed by atoms with Crippen LogP contribution in [0.2, 0.25) is 0 Å². The molecule has 7 heteroatoms. The molecule has 1 aliphatic rings. The first-order valence-electron chi connectivity index (χ1n) is 19.3. The van der Waals surface area contributed by atoms with Gasteiger partial charge in [-0.3, -0.25) is 0 Å². The van der Waals surface area contributed by atoms with Crippen molar-refractivity contribution in [2.24, 2.45) is 0 Å². The van der Waals surface area contributed by atoms with Gasteiger partial charge in [0.2, 0.25) is 0 Å². The summed E-state index contributed by atoms with van der Waals surface area (Å²) in [4.78, 5) is 9.51. The molecule has 1 aliphatic heterocycles. The number of para-hydroxylation sites is 4. The molecule has 0 amide bonds. The van der Waals surface area contributed by atoms with Crippen molar-refractivity contribution >= 4 is 71.4 Å². The van der Waals surface area contributed by atoms with Crippen molar-refractivity contribution in [3.63, 3.8) is 0 Å². The van der Waals surface area contributed by atoms with Crippen LogP contribution < -0.4 is 14.5 Å². The third-order valence-corrected chi connectivity index (χ3v) is 11.3. The molecule has 0 N–H and O–H groups in total. The number of aromatic nitrogens is 3. The fraction of sp³-hybridized carbons (Fsp3) is 0.0980. The van der Waals surface area contributed by atoms with E-state index < -0.39 is 0 Å². The molecular formula is C51H38N5OPt-3. The minimum atomic E-state index is -0.119. The molecule has 0 unspecified atom stereocenters. The molecule has 4 heterocycles. The zero-order valence-electron chi connectivity index (χ0n) is 32.5. The first-order chi connectivity index (χ1) is 27.8. The van der Waals surface area contributed by atoms with E-state index in [0.29, 0.717) is 11.5 Å². The standard InChI is InChI=1S/C51H38N5O.Pt/c1-51(2,3)35-26-37(54-32-53(4)45-20-12-13-21-46(45)54)28-39(27-35)57-38-22-23-41-40-18-10-11-19-44(40)56(48(41)29-38)50-30-49-43(31-52-50)42-24-33-14-8-9-15-34(33)25-47(42)55(49)36-16-6-5-7-17-36;/h5-27,30-32H,1-4H3;/q-3;. The molecule has 286 valence electrons. The van der Waals surface area contributed by atoms with Crippen molar-refractivity contribution < 1.29 is 25.8 Å². The second kappa shape index (κ2) is 13.6. The Labute approximate surface area is 351 Å². The van der Waals surface area contributed by atoms with Crippen LogP contribution in [0.15, 0.2) is 152 Å². The van der Waals surface area contributed by atoms with E-state index in [-0.39, 0.29) is 26.5 Å². The predicted molar refractivity (Wildman–Crippen MR) is 235 cm³/mol. The number of hydrogen-bond acceptors (Lipinski definition) is 4. The third kappa shape index (κ3) is 5.77. The summed E-state index contributed by atoms with van der Waals surface area (Å²) >= 11 is 0. The van der Waals surface area contributed by atoms with Crippen molar-refractivity contribution in [1.29, 1.82) is 0 Å². The van der Waals surface area contributed by atoms with Crippen LogP contribution >= 0.6 is 0 Å². The van der Waals surface area contributed by atoms with E-state index in [1.807, 2.05) is 12.3 Å². The van der Waals surface area contributed by atoms with Crippen molar-refractivity contribution in [1.82, 2.24) is 14.1 Å². The Bertz CT molecular complexity index is 3210. The summed E-state index contributed by atoms with van der Waals surface area (Å²) in [5.74, 6) is 2.05. The van der Waals surface area contributed by atoms with Gasteiger partial charge in [-0.1, -0.05) is 99.1 Å². The van der Waals surface area contributed by atoms with Gasteiger partial charge >= 0.3 is 0 Å². The zero-order valence-corrected chi connectivity index (χ0v) is 34.7. The summed E-state index contributed by atoms with van der Waals surface area (Å²) in [6.45, 7) is 8.78. The van der Waals surface area contributed by atoms with Crippen LogP contribution in [0.25, 0.3) is 65.9 Å². The Morgan fingerprint density at radius 1 is 0.586 bits per heavy atom. The SMILES string of the molecule is CN1[CH-]N(c2[c-]c(Oc3[c-]c4c(cc3)c3ccccc3n4-c3cc4c(cn3)c3cc5ccccc5cc3n4-c3ccccc3)cc(C(C)(C)C)c2)c2ccccc21.[Pt]. The van der Waals surface area contributed by atoms with Crippen LogP contribution in [-0.2, 0) is 26.5 Å². The molecule has 58 heavy (non-hydrogen) atoms. The van der Waals surface area contributed by atoms with Gasteiger partial charge in [0.15, 0.2) is 0 Å². The summed E-state index contributed by atoms with van der Waals surface area (Å²) in [5, 5.41) is 6.89. The van der Waals surface area contributed by atoms with E-state index in [2.05, 4.69) is 205 Å². The molecule has 0 spiro atoms. The molecule has 0 aliphatic carbocycles. The Morgan fingerprint density at radius 3 is 2.10 bits per heavy atom. The van der Waals surface area contributed by atoms with Gasteiger partial charge in [-0.15, -0.1) is 47.0 Å². The number of ether oxygens (including phenoxy) is 1. The summed E-state index contributed by atoms with van der Waals surface area (Å²) in [6, 6.07) is 58.6. The van der Waals surface area contributed by atoms with Gasteiger partial charge in [0.1, 0.15) is 5.82 Å². The topological polar surface area (TPSA) is 38.5 Å². The van der Waals surface area contributed by atoms with E-state index >= 15 is 0 Å². The second-order valence-corrected chi connectivity index (χ2v) is 15.9. The zero-order chi connectivity index (χ0) is 38.4. The maximum absolute atomic E-state index is 6.75. The van der Waals surface area contributed by atoms with E-state index in [1.165, 1.54) is 16.2 Å². The van der Waals surface area contributed by atoms with Crippen LogP contribution in [0.5, 0.6) is 11.5 Å². The summed E-state index contributed by atoms with van der Waals surface area (Å²) in [6.07, 6.45) is 2.03. The van der Waals surface area contributed by atoms with E-state index in [1.54, 1.807) is 0 Å². The van der Waals surface area contributed by atoms with Crippen molar-refractivity contribution in [2.45, 2.75) is 26.2 Å². The molecule has 7 aromatic carbocycles. The fourth-order valence-electron chi connectivity index (χ4n) is 8.46. The average Bonchev–Trinajstić information content (AvgIpc) is 3.86. The molecule has 11 rings (SSSR count). The van der Waals surface area contributed by atoms with Crippen LogP contribution in [0.4, 0.5) is 17.1 Å². The Balaban J connectivity index is 0.00000408. The quantitative estimate of drug-likeness (QED) is 0.161. The Morgan fingerprint density at radius 2 is 1.29 bits per heavy atom. The normalized spacial score (nSPS) is 12.9. The van der Waals surface area contributed by atoms with Crippen LogP contribution in [-0.4, -0.2) is 21.2 Å². The molecular weight excluding hydrogens is 894 g/mol. The van der Waals surface area contributed by atoms with Gasteiger partial charge in [-0.25, -0.2) is 4.98 Å². The van der Waals surface area contributed by atoms with Gasteiger partial charge in [0.25, 0.3) is 0 Å². The van der Waals surface area contributed by atoms with Gasteiger partial charge < -0.3 is 23.7 Å². The first-order valence-corrected chi connectivity index (χ1v) is 19.3. The summed E-state index contributed by atoms with van der Waals surface area (Å²) in [7, 11) is 2.07. The maximum Gasteiger partial charge on any atom is 0.137 e. The van der Waals surface area contributed by atoms with E-state index in [0.717, 1.165) is 72.4 Å². The van der Waals surface area contributed by atoms with Crippen LogP contribution in [0.3, 0.4) is 0 Å². The summed E-state index contributed by atoms with van der Waals surface area (Å²) < 4.78 is 11.3. The van der Waals surface area contributed by atoms with Gasteiger partial charge in [-0.2, -0.15) is 12.7 Å². The molecule has 0 fully saturated rings. The maximum atomic E-state index is 6.75. The molecule has 0 saturated carbocycles. The largest absolute Gasteiger partial charge is 0.509 e. The number of benzene rings is 7. The molecule has 6 nitrogen and oxygen atoms in total. The minimum Gasteiger partial charge on any atom is -0.509 e. The van der Waals surface area contributed by atoms with Crippen molar-refractivity contribution in [3.05, 3.63) is 176 Å². The monoisotopic (exact) mass is 931 g/mol. The van der Waals surface area contributed by atoms with E-state index in [4.69, 9.17) is 9.72 Å². The third-order valence-electron chi connectivity index (χ3n) is 11.3. The minimum absolute atomic E-state index is 0. The smallest absolute Gasteiger partial charge is 0.137 e. The number of nitrogens with zero attached hydrogens (tertiary/aromatic N) is 5. The molecule has 0 radical (unpaired) electrons. The van der Waals surface area contributed by atoms with Crippen molar-refractivity contribution in [2.75, 3.05) is 16.8 Å². The average molecular weight is 932 g/mol. The van der Waals surface area contributed by atoms with E-state index in [9.17, 15) is 0 Å². The summed E-state index contributed by atoms with van der Waals surface area (Å²) in [5.41, 5.74) is 9.48. The molecule has 3 aromatic heterocycles. The number of rotatable bonds is 5. The van der Waals surface area contributed by atoms with Gasteiger partial charge in [0, 0.05) is 78.2 Å². The molecule has 0 saturated heterocycles. The first kappa shape index (κ1) is 36.0.